The van der Waals surface area contributed by atoms with Gasteiger partial charge in [-0.2, -0.15) is 0 Å². The summed E-state index contributed by atoms with van der Waals surface area (Å²) in [6.45, 7) is 3.97. The SMILES string of the molecule is CC(C)S(=O)(=O)c1ccccc1C(=O)N1CCCC(C(=O)Nc2ccccc2)C1. The predicted octanol–water partition coefficient (Wildman–Crippen LogP) is 3.36. The van der Waals surface area contributed by atoms with Gasteiger partial charge in [-0.25, -0.2) is 8.42 Å². The average Bonchev–Trinajstić information content (AvgIpc) is 2.74. The van der Waals surface area contributed by atoms with E-state index >= 15 is 0 Å². The second-order valence-electron chi connectivity index (χ2n) is 7.54. The van der Waals surface area contributed by atoms with Crippen LogP contribution in [0.25, 0.3) is 0 Å². The van der Waals surface area contributed by atoms with Crippen molar-refractivity contribution in [1.29, 1.82) is 0 Å². The highest BCUT2D eigenvalue weighted by Gasteiger charge is 2.32. The van der Waals surface area contributed by atoms with Crippen LogP contribution in [0.3, 0.4) is 0 Å². The number of anilines is 1. The molecule has 0 bridgehead atoms. The lowest BCUT2D eigenvalue weighted by Crippen LogP contribution is -2.44. The maximum Gasteiger partial charge on any atom is 0.255 e. The molecule has 2 aromatic carbocycles. The smallest absolute Gasteiger partial charge is 0.255 e. The second kappa shape index (κ2) is 8.78. The number of amides is 2. The molecule has 0 saturated carbocycles. The summed E-state index contributed by atoms with van der Waals surface area (Å²) >= 11 is 0. The molecule has 1 aliphatic rings. The van der Waals surface area contributed by atoms with Crippen LogP contribution in [0.15, 0.2) is 59.5 Å². The Hall–Kier alpha value is -2.67. The minimum absolute atomic E-state index is 0.0517. The molecule has 0 aromatic heterocycles. The van der Waals surface area contributed by atoms with E-state index in [2.05, 4.69) is 5.32 Å². The molecule has 154 valence electrons. The molecule has 0 spiro atoms. The van der Waals surface area contributed by atoms with Crippen LogP contribution < -0.4 is 5.32 Å². The van der Waals surface area contributed by atoms with Gasteiger partial charge < -0.3 is 10.2 Å². The number of nitrogens with zero attached hydrogens (tertiary/aromatic N) is 1. The third kappa shape index (κ3) is 4.67. The zero-order valence-corrected chi connectivity index (χ0v) is 17.5. The van der Waals surface area contributed by atoms with Crippen LogP contribution in [0.5, 0.6) is 0 Å². The summed E-state index contributed by atoms with van der Waals surface area (Å²) in [5.74, 6) is -0.805. The topological polar surface area (TPSA) is 83.6 Å². The lowest BCUT2D eigenvalue weighted by Gasteiger charge is -2.32. The molecular weight excluding hydrogens is 388 g/mol. The number of sulfone groups is 1. The van der Waals surface area contributed by atoms with Gasteiger partial charge >= 0.3 is 0 Å². The van der Waals surface area contributed by atoms with Gasteiger partial charge in [-0.1, -0.05) is 30.3 Å². The molecule has 7 heteroatoms. The van der Waals surface area contributed by atoms with E-state index in [0.29, 0.717) is 25.1 Å². The van der Waals surface area contributed by atoms with Crippen LogP contribution in [0, 0.1) is 5.92 Å². The molecule has 0 radical (unpaired) electrons. The molecular formula is C22H26N2O4S. The van der Waals surface area contributed by atoms with Crippen molar-refractivity contribution in [2.45, 2.75) is 36.8 Å². The number of carbonyl (C=O) groups is 2. The van der Waals surface area contributed by atoms with Crippen molar-refractivity contribution in [1.82, 2.24) is 4.90 Å². The summed E-state index contributed by atoms with van der Waals surface area (Å²) in [6.07, 6.45) is 1.38. The summed E-state index contributed by atoms with van der Waals surface area (Å²) in [4.78, 5) is 27.4. The first-order chi connectivity index (χ1) is 13.8. The molecule has 1 heterocycles. The van der Waals surface area contributed by atoms with Gasteiger partial charge in [0, 0.05) is 18.8 Å². The maximum absolute atomic E-state index is 13.1. The van der Waals surface area contributed by atoms with Gasteiger partial charge in [-0.3, -0.25) is 9.59 Å². The number of likely N-dealkylation sites (tertiary alicyclic amines) is 1. The molecule has 2 amide bonds. The Bertz CT molecular complexity index is 987. The van der Waals surface area contributed by atoms with Gasteiger partial charge in [0.25, 0.3) is 5.91 Å². The van der Waals surface area contributed by atoms with Gasteiger partial charge in [0.2, 0.25) is 5.91 Å². The number of hydrogen-bond acceptors (Lipinski definition) is 4. The number of benzene rings is 2. The third-order valence-corrected chi connectivity index (χ3v) is 7.38. The number of para-hydroxylation sites is 1. The predicted molar refractivity (Wildman–Crippen MR) is 112 cm³/mol. The first-order valence-electron chi connectivity index (χ1n) is 9.79. The van der Waals surface area contributed by atoms with Crippen molar-refractivity contribution >= 4 is 27.3 Å². The van der Waals surface area contributed by atoms with Crippen LogP contribution in [0.2, 0.25) is 0 Å². The fourth-order valence-corrected chi connectivity index (χ4v) is 4.70. The monoisotopic (exact) mass is 414 g/mol. The standard InChI is InChI=1S/C22H26N2O4S/c1-16(2)29(27,28)20-13-7-6-12-19(20)22(26)24-14-8-9-17(15-24)21(25)23-18-10-4-3-5-11-18/h3-7,10-13,16-17H,8-9,14-15H2,1-2H3,(H,23,25). The summed E-state index contributed by atoms with van der Waals surface area (Å²) in [6, 6.07) is 15.5. The summed E-state index contributed by atoms with van der Waals surface area (Å²) in [5, 5.41) is 2.27. The van der Waals surface area contributed by atoms with Gasteiger partial charge in [-0.15, -0.1) is 0 Å². The largest absolute Gasteiger partial charge is 0.338 e. The van der Waals surface area contributed by atoms with E-state index in [1.54, 1.807) is 36.9 Å². The normalized spacial score (nSPS) is 17.2. The zero-order chi connectivity index (χ0) is 21.0. The van der Waals surface area contributed by atoms with E-state index in [-0.39, 0.29) is 34.7 Å². The average molecular weight is 415 g/mol. The van der Waals surface area contributed by atoms with E-state index in [1.807, 2.05) is 30.3 Å². The molecule has 1 fully saturated rings. The third-order valence-electron chi connectivity index (χ3n) is 5.17. The van der Waals surface area contributed by atoms with Crippen molar-refractivity contribution < 1.29 is 18.0 Å². The highest BCUT2D eigenvalue weighted by atomic mass is 32.2. The molecule has 6 nitrogen and oxygen atoms in total. The number of piperidine rings is 1. The molecule has 29 heavy (non-hydrogen) atoms. The molecule has 3 rings (SSSR count). The Labute approximate surface area is 171 Å². The first kappa shape index (κ1) is 21.0. The Morgan fingerprint density at radius 2 is 1.69 bits per heavy atom. The van der Waals surface area contributed by atoms with E-state index in [9.17, 15) is 18.0 Å². The molecule has 0 aliphatic carbocycles. The lowest BCUT2D eigenvalue weighted by molar-refractivity contribution is -0.121. The molecule has 2 aromatic rings. The van der Waals surface area contributed by atoms with Crippen molar-refractivity contribution in [2.75, 3.05) is 18.4 Å². The minimum Gasteiger partial charge on any atom is -0.338 e. The lowest BCUT2D eigenvalue weighted by atomic mass is 9.96. The van der Waals surface area contributed by atoms with Crippen LogP contribution in [0.1, 0.15) is 37.0 Å². The Morgan fingerprint density at radius 3 is 2.38 bits per heavy atom. The van der Waals surface area contributed by atoms with Gasteiger partial charge in [0.1, 0.15) is 0 Å². The highest BCUT2D eigenvalue weighted by Crippen LogP contribution is 2.25. The van der Waals surface area contributed by atoms with Crippen molar-refractivity contribution in [3.05, 3.63) is 60.2 Å². The van der Waals surface area contributed by atoms with Gasteiger partial charge in [0.05, 0.1) is 21.6 Å². The first-order valence-corrected chi connectivity index (χ1v) is 11.3. The fourth-order valence-electron chi connectivity index (χ4n) is 3.46. The second-order valence-corrected chi connectivity index (χ2v) is 10.0. The molecule has 1 saturated heterocycles. The zero-order valence-electron chi connectivity index (χ0n) is 16.7. The Balaban J connectivity index is 1.78. The number of carbonyl (C=O) groups excluding carboxylic acids is 2. The van der Waals surface area contributed by atoms with Crippen molar-refractivity contribution in [3.63, 3.8) is 0 Å². The maximum atomic E-state index is 13.1. The summed E-state index contributed by atoms with van der Waals surface area (Å²) in [7, 11) is -3.59. The minimum atomic E-state index is -3.59. The number of nitrogens with one attached hydrogen (secondary N) is 1. The summed E-state index contributed by atoms with van der Waals surface area (Å²) in [5.41, 5.74) is 0.889. The van der Waals surface area contributed by atoms with Crippen LogP contribution in [-0.2, 0) is 14.6 Å². The molecule has 1 atom stereocenters. The molecule has 1 unspecified atom stereocenters. The molecule has 1 N–H and O–H groups in total. The van der Waals surface area contributed by atoms with E-state index in [1.165, 1.54) is 6.07 Å². The number of rotatable bonds is 5. The van der Waals surface area contributed by atoms with Crippen molar-refractivity contribution in [3.8, 4) is 0 Å². The van der Waals surface area contributed by atoms with Gasteiger partial charge in [0.15, 0.2) is 9.84 Å². The number of hydrogen-bond donors (Lipinski definition) is 1. The summed E-state index contributed by atoms with van der Waals surface area (Å²) < 4.78 is 25.4. The van der Waals surface area contributed by atoms with Crippen LogP contribution in [0.4, 0.5) is 5.69 Å². The van der Waals surface area contributed by atoms with Gasteiger partial charge in [-0.05, 0) is 51.0 Å². The quantitative estimate of drug-likeness (QED) is 0.813. The van der Waals surface area contributed by atoms with E-state index in [4.69, 9.17) is 0 Å². The van der Waals surface area contributed by atoms with Crippen LogP contribution >= 0.6 is 0 Å². The molecule has 1 aliphatic heterocycles. The van der Waals surface area contributed by atoms with E-state index < -0.39 is 15.1 Å². The van der Waals surface area contributed by atoms with Crippen molar-refractivity contribution in [2.24, 2.45) is 5.92 Å². The highest BCUT2D eigenvalue weighted by molar-refractivity contribution is 7.92. The van der Waals surface area contributed by atoms with Crippen LogP contribution in [-0.4, -0.2) is 43.5 Å². The Kier molecular flexibility index (Phi) is 6.37. The van der Waals surface area contributed by atoms with E-state index in [0.717, 1.165) is 0 Å². The fraction of sp³-hybridized carbons (Fsp3) is 0.364. The Morgan fingerprint density at radius 1 is 1.03 bits per heavy atom.